The summed E-state index contributed by atoms with van der Waals surface area (Å²) in [6.45, 7) is 3.94. The molecule has 1 amide bonds. The van der Waals surface area contributed by atoms with Crippen LogP contribution in [0.5, 0.6) is 0 Å². The predicted octanol–water partition coefficient (Wildman–Crippen LogP) is 3.57. The van der Waals surface area contributed by atoms with E-state index in [1.807, 2.05) is 56.3 Å². The number of hydrogen-bond donors (Lipinski definition) is 1. The van der Waals surface area contributed by atoms with Crippen molar-refractivity contribution in [3.8, 4) is 0 Å². The Morgan fingerprint density at radius 1 is 1.25 bits per heavy atom. The number of nitrogens with one attached hydrogen (secondary N) is 1. The Labute approximate surface area is 148 Å². The third-order valence-electron chi connectivity index (χ3n) is 3.80. The summed E-state index contributed by atoms with van der Waals surface area (Å²) in [7, 11) is 0. The average Bonchev–Trinajstić information content (AvgIpc) is 2.82. The van der Waals surface area contributed by atoms with Crippen molar-refractivity contribution in [3.05, 3.63) is 63.9 Å². The fourth-order valence-electron chi connectivity index (χ4n) is 2.54. The number of hydrogen-bond acceptors (Lipinski definition) is 3. The Bertz CT molecular complexity index is 925. The molecule has 5 nitrogen and oxygen atoms in total. The number of aryl methyl sites for hydroxylation is 1. The van der Waals surface area contributed by atoms with E-state index < -0.39 is 0 Å². The molecule has 122 valence electrons. The number of hydrazone groups is 1. The van der Waals surface area contributed by atoms with Crippen LogP contribution in [-0.2, 0) is 11.3 Å². The number of nitrogens with zero attached hydrogens (tertiary/aromatic N) is 3. The first-order valence-corrected chi connectivity index (χ1v) is 8.34. The van der Waals surface area contributed by atoms with Gasteiger partial charge in [0.15, 0.2) is 0 Å². The summed E-state index contributed by atoms with van der Waals surface area (Å²) in [5, 5.41) is 10.6. The Balaban J connectivity index is 1.69. The lowest BCUT2D eigenvalue weighted by molar-refractivity contribution is -0.121. The summed E-state index contributed by atoms with van der Waals surface area (Å²) >= 11 is 3.45. The summed E-state index contributed by atoms with van der Waals surface area (Å²) in [6.07, 6.45) is 1.66. The standard InChI is InChI=1S/C18H17BrN4O/c1-12-18(19)13(2)23(22-12)11-17(24)21-20-10-15-8-5-7-14-6-3-4-9-16(14)15/h3-10H,11H2,1-2H3,(H,21,24)/b20-10-. The molecule has 0 fully saturated rings. The molecule has 0 saturated heterocycles. The monoisotopic (exact) mass is 384 g/mol. The fraction of sp³-hybridized carbons (Fsp3) is 0.167. The molecule has 0 aliphatic heterocycles. The molecule has 0 atom stereocenters. The molecule has 1 aromatic heterocycles. The van der Waals surface area contributed by atoms with E-state index in [4.69, 9.17) is 0 Å². The Hall–Kier alpha value is -2.47. The lowest BCUT2D eigenvalue weighted by atomic mass is 10.1. The van der Waals surface area contributed by atoms with Gasteiger partial charge in [-0.25, -0.2) is 5.43 Å². The molecule has 0 bridgehead atoms. The Morgan fingerprint density at radius 2 is 2.00 bits per heavy atom. The number of aromatic nitrogens is 2. The number of halogens is 1. The van der Waals surface area contributed by atoms with E-state index in [1.165, 1.54) is 0 Å². The van der Waals surface area contributed by atoms with Gasteiger partial charge in [-0.2, -0.15) is 10.2 Å². The Morgan fingerprint density at radius 3 is 2.75 bits per heavy atom. The zero-order valence-corrected chi connectivity index (χ0v) is 15.0. The zero-order chi connectivity index (χ0) is 17.1. The highest BCUT2D eigenvalue weighted by Gasteiger charge is 2.11. The lowest BCUT2D eigenvalue weighted by Crippen LogP contribution is -2.24. The van der Waals surface area contributed by atoms with Crippen LogP contribution in [0, 0.1) is 13.8 Å². The quantitative estimate of drug-likeness (QED) is 0.552. The third kappa shape index (κ3) is 3.38. The summed E-state index contributed by atoms with van der Waals surface area (Å²) in [6, 6.07) is 14.1. The highest BCUT2D eigenvalue weighted by atomic mass is 79.9. The van der Waals surface area contributed by atoms with Crippen molar-refractivity contribution >= 4 is 38.8 Å². The van der Waals surface area contributed by atoms with Gasteiger partial charge < -0.3 is 0 Å². The second-order valence-electron chi connectivity index (χ2n) is 5.50. The second kappa shape index (κ2) is 6.97. The van der Waals surface area contributed by atoms with E-state index in [9.17, 15) is 4.79 Å². The van der Waals surface area contributed by atoms with Gasteiger partial charge in [-0.1, -0.05) is 42.5 Å². The Kier molecular flexibility index (Phi) is 4.76. The minimum atomic E-state index is -0.218. The maximum Gasteiger partial charge on any atom is 0.261 e. The first kappa shape index (κ1) is 16.4. The van der Waals surface area contributed by atoms with E-state index in [2.05, 4.69) is 31.6 Å². The van der Waals surface area contributed by atoms with Crippen molar-refractivity contribution in [2.45, 2.75) is 20.4 Å². The first-order valence-electron chi connectivity index (χ1n) is 7.55. The van der Waals surface area contributed by atoms with Gasteiger partial charge in [0.25, 0.3) is 5.91 Å². The van der Waals surface area contributed by atoms with Crippen LogP contribution >= 0.6 is 15.9 Å². The van der Waals surface area contributed by atoms with E-state index in [0.29, 0.717) is 0 Å². The van der Waals surface area contributed by atoms with E-state index in [0.717, 1.165) is 32.2 Å². The van der Waals surface area contributed by atoms with Crippen LogP contribution in [0.4, 0.5) is 0 Å². The van der Waals surface area contributed by atoms with Crippen molar-refractivity contribution in [3.63, 3.8) is 0 Å². The number of amides is 1. The zero-order valence-electron chi connectivity index (χ0n) is 13.5. The molecular weight excluding hydrogens is 368 g/mol. The summed E-state index contributed by atoms with van der Waals surface area (Å²) in [5.41, 5.74) is 5.29. The normalized spacial score (nSPS) is 11.3. The molecule has 1 N–H and O–H groups in total. The lowest BCUT2D eigenvalue weighted by Gasteiger charge is -2.04. The summed E-state index contributed by atoms with van der Waals surface area (Å²) in [5.74, 6) is -0.218. The average molecular weight is 385 g/mol. The van der Waals surface area contributed by atoms with Gasteiger partial charge in [0.05, 0.1) is 22.1 Å². The van der Waals surface area contributed by atoms with Crippen molar-refractivity contribution in [1.29, 1.82) is 0 Å². The van der Waals surface area contributed by atoms with Crippen LogP contribution in [0.15, 0.2) is 52.0 Å². The molecule has 0 aliphatic carbocycles. The van der Waals surface area contributed by atoms with Crippen LogP contribution in [-0.4, -0.2) is 21.9 Å². The van der Waals surface area contributed by atoms with E-state index >= 15 is 0 Å². The molecule has 0 spiro atoms. The van der Waals surface area contributed by atoms with Crippen LogP contribution in [0.2, 0.25) is 0 Å². The number of carbonyl (C=O) groups excluding carboxylic acids is 1. The van der Waals surface area contributed by atoms with Gasteiger partial charge >= 0.3 is 0 Å². The highest BCUT2D eigenvalue weighted by molar-refractivity contribution is 9.10. The van der Waals surface area contributed by atoms with Crippen molar-refractivity contribution in [1.82, 2.24) is 15.2 Å². The maximum atomic E-state index is 12.0. The topological polar surface area (TPSA) is 59.3 Å². The number of fused-ring (bicyclic) bond motifs is 1. The van der Waals surface area contributed by atoms with Gasteiger partial charge in [0.2, 0.25) is 0 Å². The fourth-order valence-corrected chi connectivity index (χ4v) is 2.82. The molecule has 0 aliphatic rings. The van der Waals surface area contributed by atoms with Crippen molar-refractivity contribution < 1.29 is 4.79 Å². The molecule has 1 heterocycles. The maximum absolute atomic E-state index is 12.0. The number of benzene rings is 2. The molecule has 3 aromatic rings. The summed E-state index contributed by atoms with van der Waals surface area (Å²) in [4.78, 5) is 12.0. The van der Waals surface area contributed by atoms with Gasteiger partial charge in [-0.05, 0) is 40.5 Å². The third-order valence-corrected chi connectivity index (χ3v) is 4.95. The largest absolute Gasteiger partial charge is 0.271 e. The van der Waals surface area contributed by atoms with Crippen LogP contribution in [0.1, 0.15) is 17.0 Å². The molecule has 3 rings (SSSR count). The van der Waals surface area contributed by atoms with Crippen molar-refractivity contribution in [2.24, 2.45) is 5.10 Å². The van der Waals surface area contributed by atoms with E-state index in [1.54, 1.807) is 10.9 Å². The molecule has 0 radical (unpaired) electrons. The molecule has 6 heteroatoms. The van der Waals surface area contributed by atoms with Gasteiger partial charge in [-0.15, -0.1) is 0 Å². The van der Waals surface area contributed by atoms with Crippen LogP contribution in [0.25, 0.3) is 10.8 Å². The number of rotatable bonds is 4. The molecule has 0 unspecified atom stereocenters. The van der Waals surface area contributed by atoms with Crippen LogP contribution < -0.4 is 5.43 Å². The molecule has 2 aromatic carbocycles. The molecule has 0 saturated carbocycles. The molecule has 24 heavy (non-hydrogen) atoms. The predicted molar refractivity (Wildman–Crippen MR) is 99.1 cm³/mol. The van der Waals surface area contributed by atoms with Gasteiger partial charge in [-0.3, -0.25) is 9.48 Å². The van der Waals surface area contributed by atoms with Gasteiger partial charge in [0.1, 0.15) is 6.54 Å². The van der Waals surface area contributed by atoms with Crippen LogP contribution in [0.3, 0.4) is 0 Å². The van der Waals surface area contributed by atoms with E-state index in [-0.39, 0.29) is 12.5 Å². The molecular formula is C18H17BrN4O. The first-order chi connectivity index (χ1) is 11.6. The minimum Gasteiger partial charge on any atom is -0.271 e. The number of carbonyl (C=O) groups is 1. The highest BCUT2D eigenvalue weighted by Crippen LogP contribution is 2.19. The second-order valence-corrected chi connectivity index (χ2v) is 6.30. The van der Waals surface area contributed by atoms with Crippen molar-refractivity contribution in [2.75, 3.05) is 0 Å². The smallest absolute Gasteiger partial charge is 0.261 e. The minimum absolute atomic E-state index is 0.130. The summed E-state index contributed by atoms with van der Waals surface area (Å²) < 4.78 is 2.58. The SMILES string of the molecule is Cc1nn(CC(=O)N/N=C\c2cccc3ccccc23)c(C)c1Br. The van der Waals surface area contributed by atoms with Gasteiger partial charge in [0, 0.05) is 5.56 Å².